The highest BCUT2D eigenvalue weighted by Crippen LogP contribution is 2.14. The molecule has 0 fully saturated rings. The molecule has 0 spiro atoms. The van der Waals surface area contributed by atoms with Gasteiger partial charge in [-0.3, -0.25) is 0 Å². The minimum Gasteiger partial charge on any atom is -0.315 e. The van der Waals surface area contributed by atoms with Gasteiger partial charge < -0.3 is 4.90 Å². The predicted octanol–water partition coefficient (Wildman–Crippen LogP) is 2.67. The number of nitrogens with zero attached hydrogens (tertiary/aromatic N) is 4. The van der Waals surface area contributed by atoms with Gasteiger partial charge in [-0.1, -0.05) is 38.1 Å². The molecule has 5 nitrogen and oxygen atoms in total. The summed E-state index contributed by atoms with van der Waals surface area (Å²) in [5, 5.41) is 0. The van der Waals surface area contributed by atoms with Crippen molar-refractivity contribution in [1.29, 1.82) is 0 Å². The Bertz CT molecular complexity index is 937. The van der Waals surface area contributed by atoms with Crippen molar-refractivity contribution >= 4 is 18.0 Å². The summed E-state index contributed by atoms with van der Waals surface area (Å²) in [6.07, 6.45) is 0. The zero-order valence-corrected chi connectivity index (χ0v) is 16.4. The molecule has 1 unspecified atom stereocenters. The van der Waals surface area contributed by atoms with E-state index in [1.807, 2.05) is 16.1 Å². The Balaban J connectivity index is 1.81. The molecule has 0 amide bonds. The van der Waals surface area contributed by atoms with E-state index in [4.69, 9.17) is 12.2 Å². The van der Waals surface area contributed by atoms with Crippen molar-refractivity contribution in [2.45, 2.75) is 46.8 Å². The fraction of sp³-hybridized carbons (Fsp3) is 0.421. The second-order valence-electron chi connectivity index (χ2n) is 7.13. The van der Waals surface area contributed by atoms with Gasteiger partial charge in [-0.15, -0.1) is 0 Å². The van der Waals surface area contributed by atoms with Gasteiger partial charge in [-0.05, 0) is 43.6 Å². The lowest BCUT2D eigenvalue weighted by molar-refractivity contribution is -0.917. The maximum atomic E-state index is 5.46. The molecular weight excluding hydrogens is 330 g/mol. The van der Waals surface area contributed by atoms with Crippen molar-refractivity contribution in [1.82, 2.24) is 19.2 Å². The molecular formula is C19H26N5S+. The predicted molar refractivity (Wildman–Crippen MR) is 102 cm³/mol. The second kappa shape index (κ2) is 7.06. The first kappa shape index (κ1) is 17.8. The van der Waals surface area contributed by atoms with Gasteiger partial charge in [-0.25, -0.2) is 14.2 Å². The molecule has 3 rings (SSSR count). The van der Waals surface area contributed by atoms with Crippen molar-refractivity contribution in [2.24, 2.45) is 0 Å². The molecule has 6 heteroatoms. The molecule has 0 aliphatic rings. The highest BCUT2D eigenvalue weighted by molar-refractivity contribution is 7.71. The first-order valence-electron chi connectivity index (χ1n) is 8.69. The van der Waals surface area contributed by atoms with E-state index in [0.29, 0.717) is 16.5 Å². The lowest BCUT2D eigenvalue weighted by Gasteiger charge is -2.16. The number of benzene rings is 1. The number of aryl methyl sites for hydroxylation is 2. The van der Waals surface area contributed by atoms with Gasteiger partial charge >= 0.3 is 0 Å². The molecule has 1 N–H and O–H groups in total. The van der Waals surface area contributed by atoms with Gasteiger partial charge in [-0.2, -0.15) is 4.98 Å². The van der Waals surface area contributed by atoms with E-state index in [1.165, 1.54) is 16.0 Å². The molecule has 0 radical (unpaired) electrons. The van der Waals surface area contributed by atoms with E-state index in [2.05, 4.69) is 68.1 Å². The van der Waals surface area contributed by atoms with Gasteiger partial charge in [0.15, 0.2) is 6.67 Å². The Hall–Kier alpha value is -2.05. The van der Waals surface area contributed by atoms with Crippen LogP contribution in [0.25, 0.3) is 5.78 Å². The first-order valence-corrected chi connectivity index (χ1v) is 9.10. The van der Waals surface area contributed by atoms with E-state index >= 15 is 0 Å². The fourth-order valence-electron chi connectivity index (χ4n) is 3.18. The Morgan fingerprint density at radius 3 is 2.44 bits per heavy atom. The maximum Gasteiger partial charge on any atom is 0.252 e. The van der Waals surface area contributed by atoms with Crippen molar-refractivity contribution in [3.63, 3.8) is 0 Å². The van der Waals surface area contributed by atoms with Gasteiger partial charge in [0.05, 0.1) is 7.05 Å². The smallest absolute Gasteiger partial charge is 0.252 e. The van der Waals surface area contributed by atoms with Crippen molar-refractivity contribution < 1.29 is 4.90 Å². The lowest BCUT2D eigenvalue weighted by atomic mass is 10.0. The third-order valence-electron chi connectivity index (χ3n) is 4.45. The fourth-order valence-corrected chi connectivity index (χ4v) is 3.40. The van der Waals surface area contributed by atoms with Crippen molar-refractivity contribution in [3.8, 4) is 0 Å². The summed E-state index contributed by atoms with van der Waals surface area (Å²) in [6, 6.07) is 11.0. The first-order chi connectivity index (χ1) is 11.8. The standard InChI is InChI=1S/C19H25N5S/c1-13(2)17-8-6-16(7-9-17)11-22(5)12-23-19(25)21-18-20-14(3)10-15(4)24(18)23/h6-10,13H,11-12H2,1-5H3/p+1. The number of quaternary nitrogens is 1. The van der Waals surface area contributed by atoms with E-state index < -0.39 is 0 Å². The van der Waals surface area contributed by atoms with E-state index in [9.17, 15) is 0 Å². The summed E-state index contributed by atoms with van der Waals surface area (Å²) < 4.78 is 4.63. The molecule has 0 bridgehead atoms. The molecule has 0 saturated heterocycles. The third kappa shape index (κ3) is 3.80. The molecule has 3 aromatic rings. The molecule has 2 aromatic heterocycles. The molecule has 0 aliphatic carbocycles. The van der Waals surface area contributed by atoms with Crippen LogP contribution in [0.15, 0.2) is 30.3 Å². The molecule has 0 aliphatic heterocycles. The molecule has 25 heavy (non-hydrogen) atoms. The summed E-state index contributed by atoms with van der Waals surface area (Å²) in [7, 11) is 2.18. The molecule has 2 heterocycles. The average molecular weight is 357 g/mol. The minimum atomic E-state index is 0.564. The van der Waals surface area contributed by atoms with Crippen LogP contribution >= 0.6 is 12.2 Å². The van der Waals surface area contributed by atoms with Crippen LogP contribution in [0.5, 0.6) is 0 Å². The Morgan fingerprint density at radius 1 is 1.12 bits per heavy atom. The summed E-state index contributed by atoms with van der Waals surface area (Å²) in [4.78, 5) is 10.3. The SMILES string of the molecule is Cc1cc(C)n2c(n1)nc(=S)n2C[NH+](C)Cc1ccc(C(C)C)cc1. The van der Waals surface area contributed by atoms with Crippen LogP contribution in [0.2, 0.25) is 0 Å². The van der Waals surface area contributed by atoms with Crippen LogP contribution < -0.4 is 4.90 Å². The van der Waals surface area contributed by atoms with Gasteiger partial charge in [0.1, 0.15) is 6.54 Å². The largest absolute Gasteiger partial charge is 0.315 e. The number of aromatic nitrogens is 4. The highest BCUT2D eigenvalue weighted by Gasteiger charge is 2.13. The monoisotopic (exact) mass is 356 g/mol. The van der Waals surface area contributed by atoms with E-state index in [-0.39, 0.29) is 0 Å². The van der Waals surface area contributed by atoms with E-state index in [1.54, 1.807) is 0 Å². The number of fused-ring (bicyclic) bond motifs is 1. The molecule has 1 atom stereocenters. The number of nitrogens with one attached hydrogen (secondary N) is 1. The normalized spacial score (nSPS) is 12.9. The van der Waals surface area contributed by atoms with Crippen LogP contribution in [0.3, 0.4) is 0 Å². The van der Waals surface area contributed by atoms with Crippen LogP contribution in [0, 0.1) is 18.6 Å². The Kier molecular flexibility index (Phi) is 5.01. The quantitative estimate of drug-likeness (QED) is 0.715. The second-order valence-corrected chi connectivity index (χ2v) is 7.50. The zero-order valence-electron chi connectivity index (χ0n) is 15.6. The topological polar surface area (TPSA) is 39.6 Å². The maximum absolute atomic E-state index is 5.46. The van der Waals surface area contributed by atoms with Gasteiger partial charge in [0, 0.05) is 17.0 Å². The minimum absolute atomic E-state index is 0.564. The van der Waals surface area contributed by atoms with Crippen LogP contribution in [0.1, 0.15) is 42.3 Å². The molecule has 1 aromatic carbocycles. The van der Waals surface area contributed by atoms with Crippen molar-refractivity contribution in [2.75, 3.05) is 7.05 Å². The number of hydrogen-bond acceptors (Lipinski definition) is 3. The average Bonchev–Trinajstić information content (AvgIpc) is 2.83. The van der Waals surface area contributed by atoms with Crippen LogP contribution in [-0.2, 0) is 13.2 Å². The Labute approximate surface area is 153 Å². The third-order valence-corrected chi connectivity index (χ3v) is 4.75. The van der Waals surface area contributed by atoms with E-state index in [0.717, 1.165) is 24.6 Å². The molecule has 0 saturated carbocycles. The van der Waals surface area contributed by atoms with Crippen LogP contribution in [-0.4, -0.2) is 26.2 Å². The molecule has 132 valence electrons. The Morgan fingerprint density at radius 2 is 1.80 bits per heavy atom. The number of rotatable bonds is 5. The summed E-state index contributed by atoms with van der Waals surface area (Å²) in [5.74, 6) is 1.24. The number of hydrogen-bond donors (Lipinski definition) is 1. The lowest BCUT2D eigenvalue weighted by Crippen LogP contribution is -3.07. The summed E-state index contributed by atoms with van der Waals surface area (Å²) in [5.41, 5.74) is 4.76. The summed E-state index contributed by atoms with van der Waals surface area (Å²) in [6.45, 7) is 10.2. The van der Waals surface area contributed by atoms with Gasteiger partial charge in [0.2, 0.25) is 4.77 Å². The zero-order chi connectivity index (χ0) is 18.1. The summed E-state index contributed by atoms with van der Waals surface area (Å²) >= 11 is 5.46. The van der Waals surface area contributed by atoms with Crippen molar-refractivity contribution in [3.05, 3.63) is 57.6 Å². The van der Waals surface area contributed by atoms with Gasteiger partial charge in [0.25, 0.3) is 5.78 Å². The highest BCUT2D eigenvalue weighted by atomic mass is 32.1. The van der Waals surface area contributed by atoms with Crippen LogP contribution in [0.4, 0.5) is 0 Å².